The van der Waals surface area contributed by atoms with Gasteiger partial charge in [-0.2, -0.15) is 0 Å². The minimum Gasteiger partial charge on any atom is -0.480 e. The second kappa shape index (κ2) is 42.4. The van der Waals surface area contributed by atoms with Crippen LogP contribution in [0.4, 0.5) is 0 Å². The van der Waals surface area contributed by atoms with Gasteiger partial charge in [-0.3, -0.25) is 47.9 Å². The largest absolute Gasteiger partial charge is 0.480 e. The van der Waals surface area contributed by atoms with Crippen LogP contribution in [0.25, 0.3) is 10.8 Å². The van der Waals surface area contributed by atoms with Crippen LogP contribution in [-0.4, -0.2) is 195 Å². The Kier molecular flexibility index (Phi) is 33.4. The van der Waals surface area contributed by atoms with Gasteiger partial charge in [-0.05, 0) is 83.8 Å². The Balaban J connectivity index is 1.32. The van der Waals surface area contributed by atoms with E-state index in [2.05, 4.69) is 58.5 Å². The number of hydrogen-bond donors (Lipinski definition) is 17. The molecule has 1 saturated heterocycles. The highest BCUT2D eigenvalue weighted by molar-refractivity contribution is 8.76. The minimum absolute atomic E-state index is 0.0308. The average Bonchev–Trinajstić information content (AvgIpc) is 0.831. The number of carboxylic acid groups (broad SMARTS) is 1. The molecule has 0 aromatic heterocycles. The molecule has 1 aliphatic heterocycles. The monoisotopic (exact) mass is 1500 g/mol. The number of nitrogens with two attached hydrogens (primary N) is 2. The van der Waals surface area contributed by atoms with Gasteiger partial charge in [0.2, 0.25) is 59.1 Å². The zero-order valence-corrected chi connectivity index (χ0v) is 61.2. The fourth-order valence-corrected chi connectivity index (χ4v) is 13.8. The molecule has 10 amide bonds. The molecular weight excluding hydrogens is 1400 g/mol. The van der Waals surface area contributed by atoms with Crippen LogP contribution in [0.15, 0.2) is 158 Å². The lowest BCUT2D eigenvalue weighted by molar-refractivity contribution is -0.142. The summed E-state index contributed by atoms with van der Waals surface area (Å²) in [6.07, 6.45) is -3.66. The number of carboxylic acids is 1. The Morgan fingerprint density at radius 2 is 0.783 bits per heavy atom. The van der Waals surface area contributed by atoms with Crippen molar-refractivity contribution >= 4 is 97.4 Å². The zero-order valence-electron chi connectivity index (χ0n) is 59.5. The van der Waals surface area contributed by atoms with Crippen molar-refractivity contribution in [3.05, 3.63) is 191 Å². The van der Waals surface area contributed by atoms with Crippen LogP contribution >= 0.6 is 21.6 Å². The third kappa shape index (κ3) is 26.7. The van der Waals surface area contributed by atoms with E-state index in [-0.39, 0.29) is 62.6 Å². The molecule has 0 bridgehead atoms. The molecule has 1 heterocycles. The fraction of sp³-hybridized carbons (Fsp3) is 0.408. The first kappa shape index (κ1) is 83.5. The number of nitrogens with one attached hydrogen (secondary N) is 11. The standard InChI is InChI=1S/C76H97N13O15S2/c1-44(2)79-40-51-29-27-50(28-30-51)38-59-71(98)88-64(45(3)91)74(101)85-60(37-49-22-12-7-13-23-49)72(99)89-65(46(4)92)75(102)86-62(41-90)73(100)87-63(76(103)104)43-106-105-42-55(78)66(93)80-56(26-16-17-33-77)67(94)81-57(35-47-18-8-5-9-19-47)68(95)82-58(36-48-20-10-6-11-21-48)69(96)84-61(70(97)83-59)39-52-31-32-53-24-14-15-25-54(53)34-52/h5-15,18-25,27-32,34,44-46,55-65,79,90-92H,16-17,26,33,35-43,77-78H2,1-4H3,(H,80,93)(H,81,94)(H,82,95)(H,83,97)(H,84,96)(H,85,101)(H,86,102)(H,87,100)(H,88,98)(H,89,99)(H,103,104)/t45-,46-,55+,56+,57+,58+,59+,60+,61-,62+,63+,64-,65+/m1/s1. The van der Waals surface area contributed by atoms with Gasteiger partial charge in [-0.15, -0.1) is 0 Å². The number of amides is 10. The molecule has 0 aliphatic carbocycles. The predicted octanol–water partition coefficient (Wildman–Crippen LogP) is 0.389. The second-order valence-corrected chi connectivity index (χ2v) is 29.0. The van der Waals surface area contributed by atoms with E-state index in [0.29, 0.717) is 47.2 Å². The van der Waals surface area contributed by atoms with Gasteiger partial charge >= 0.3 is 5.97 Å². The van der Waals surface area contributed by atoms with Crippen LogP contribution in [0.3, 0.4) is 0 Å². The van der Waals surface area contributed by atoms with Gasteiger partial charge in [-0.1, -0.05) is 193 Å². The van der Waals surface area contributed by atoms with Crippen LogP contribution < -0.4 is 70.0 Å². The van der Waals surface area contributed by atoms with Crippen molar-refractivity contribution in [2.45, 2.75) is 170 Å². The molecule has 0 unspecified atom stereocenters. The lowest BCUT2D eigenvalue weighted by Crippen LogP contribution is -2.63. The van der Waals surface area contributed by atoms with E-state index in [1.165, 1.54) is 6.92 Å². The first-order chi connectivity index (χ1) is 50.8. The maximum atomic E-state index is 15.5. The SMILES string of the molecule is CC(C)NCc1ccc(C[C@@H]2NC(=O)[C@@H](Cc3ccc4ccccc4c3)NC(=O)[C@H](Cc3ccccc3)NC(=O)[C@H](Cc3ccccc3)NC(=O)[C@H](CCCCN)NC(=O)[C@@H](N)CSSC[C@@H](C(=O)O)NC(=O)[C@H](CO)NC(=O)[C@H]([C@@H](C)O)NC(=O)[C@H](Cc3ccccc3)NC(=O)[C@@H]([C@@H](C)O)NC2=O)cc1. The Morgan fingerprint density at radius 1 is 0.425 bits per heavy atom. The minimum atomic E-state index is -1.91. The molecule has 7 rings (SSSR count). The average molecular weight is 1500 g/mol. The molecule has 6 aromatic carbocycles. The summed E-state index contributed by atoms with van der Waals surface area (Å²) in [5.41, 5.74) is 15.9. The highest BCUT2D eigenvalue weighted by Gasteiger charge is 2.39. The summed E-state index contributed by atoms with van der Waals surface area (Å²) in [6, 6.07) is 28.2. The van der Waals surface area contributed by atoms with Crippen LogP contribution in [0.5, 0.6) is 0 Å². The molecule has 19 N–H and O–H groups in total. The van der Waals surface area contributed by atoms with Crippen LogP contribution in [-0.2, 0) is 91.4 Å². The van der Waals surface area contributed by atoms with E-state index in [9.17, 15) is 54.0 Å². The number of carbonyl (C=O) groups excluding carboxylic acids is 10. The summed E-state index contributed by atoms with van der Waals surface area (Å²) >= 11 is 0. The molecule has 6 aromatic rings. The third-order valence-corrected chi connectivity index (χ3v) is 19.9. The molecule has 0 spiro atoms. The molecule has 0 saturated carbocycles. The Bertz CT molecular complexity index is 3920. The number of unbranched alkanes of at least 4 members (excludes halogenated alkanes) is 1. The van der Waals surface area contributed by atoms with E-state index in [0.717, 1.165) is 44.8 Å². The maximum absolute atomic E-state index is 15.5. The van der Waals surface area contributed by atoms with E-state index in [1.807, 2.05) is 62.4 Å². The molecule has 13 atom stereocenters. The quantitative estimate of drug-likeness (QED) is 0.0342. The number of aliphatic carboxylic acids is 1. The molecule has 1 fully saturated rings. The summed E-state index contributed by atoms with van der Waals surface area (Å²) in [5.74, 6) is -11.9. The number of aliphatic hydroxyl groups excluding tert-OH is 3. The molecule has 1 aliphatic rings. The summed E-state index contributed by atoms with van der Waals surface area (Å²) in [4.78, 5) is 160. The van der Waals surface area contributed by atoms with E-state index >= 15 is 19.2 Å². The molecule has 568 valence electrons. The first-order valence-corrected chi connectivity index (χ1v) is 37.6. The van der Waals surface area contributed by atoms with E-state index < -0.39 is 150 Å². The normalized spacial score (nSPS) is 23.6. The van der Waals surface area contributed by atoms with Crippen molar-refractivity contribution in [3.63, 3.8) is 0 Å². The van der Waals surface area contributed by atoms with Gasteiger partial charge in [0, 0.05) is 56.2 Å². The highest BCUT2D eigenvalue weighted by Crippen LogP contribution is 2.24. The van der Waals surface area contributed by atoms with Crippen molar-refractivity contribution in [2.24, 2.45) is 11.5 Å². The number of rotatable bonds is 21. The van der Waals surface area contributed by atoms with E-state index in [4.69, 9.17) is 11.5 Å². The zero-order chi connectivity index (χ0) is 76.8. The van der Waals surface area contributed by atoms with Crippen molar-refractivity contribution in [3.8, 4) is 0 Å². The molecular formula is C76H97N13O15S2. The van der Waals surface area contributed by atoms with Gasteiger partial charge in [0.25, 0.3) is 0 Å². The Hall–Kier alpha value is -9.79. The molecule has 28 nitrogen and oxygen atoms in total. The number of fused-ring (bicyclic) bond motifs is 1. The Morgan fingerprint density at radius 3 is 1.22 bits per heavy atom. The third-order valence-electron chi connectivity index (χ3n) is 17.5. The fourth-order valence-electron chi connectivity index (χ4n) is 11.5. The lowest BCUT2D eigenvalue weighted by Gasteiger charge is -2.29. The van der Waals surface area contributed by atoms with Crippen LogP contribution in [0.1, 0.15) is 80.3 Å². The highest BCUT2D eigenvalue weighted by atomic mass is 33.1. The van der Waals surface area contributed by atoms with Gasteiger partial charge in [0.05, 0.1) is 24.9 Å². The molecule has 30 heteroatoms. The number of carbonyl (C=O) groups is 11. The van der Waals surface area contributed by atoms with Crippen molar-refractivity contribution in [1.29, 1.82) is 0 Å². The van der Waals surface area contributed by atoms with Crippen molar-refractivity contribution in [2.75, 3.05) is 24.7 Å². The summed E-state index contributed by atoms with van der Waals surface area (Å²) in [5, 5.41) is 74.1. The summed E-state index contributed by atoms with van der Waals surface area (Å²) in [6.45, 7) is 5.93. The topological polar surface area (TPSA) is 453 Å². The second-order valence-electron chi connectivity index (χ2n) is 26.4. The van der Waals surface area contributed by atoms with Crippen LogP contribution in [0, 0.1) is 0 Å². The number of benzene rings is 6. The van der Waals surface area contributed by atoms with E-state index in [1.54, 1.807) is 109 Å². The van der Waals surface area contributed by atoms with Gasteiger partial charge < -0.3 is 90.4 Å². The number of aliphatic hydroxyl groups is 3. The summed E-state index contributed by atoms with van der Waals surface area (Å²) < 4.78 is 0. The van der Waals surface area contributed by atoms with Gasteiger partial charge in [-0.25, -0.2) is 4.79 Å². The lowest BCUT2D eigenvalue weighted by atomic mass is 9.98. The van der Waals surface area contributed by atoms with Crippen molar-refractivity contribution in [1.82, 2.24) is 58.5 Å². The smallest absolute Gasteiger partial charge is 0.327 e. The van der Waals surface area contributed by atoms with Crippen molar-refractivity contribution < 1.29 is 73.2 Å². The van der Waals surface area contributed by atoms with Gasteiger partial charge in [0.15, 0.2) is 0 Å². The Labute approximate surface area is 623 Å². The summed E-state index contributed by atoms with van der Waals surface area (Å²) in [7, 11) is 1.84. The van der Waals surface area contributed by atoms with Gasteiger partial charge in [0.1, 0.15) is 60.4 Å². The first-order valence-electron chi connectivity index (χ1n) is 35.1. The maximum Gasteiger partial charge on any atom is 0.327 e. The van der Waals surface area contributed by atoms with Crippen LogP contribution in [0.2, 0.25) is 0 Å². The number of hydrogen-bond acceptors (Lipinski definition) is 19. The molecule has 106 heavy (non-hydrogen) atoms. The molecule has 0 radical (unpaired) electrons. The predicted molar refractivity (Wildman–Crippen MR) is 403 cm³/mol.